The van der Waals surface area contributed by atoms with Crippen molar-refractivity contribution < 1.29 is 23.4 Å². The number of hydrogen-bond donors (Lipinski definition) is 1. The van der Waals surface area contributed by atoms with E-state index in [-0.39, 0.29) is 10.8 Å². The van der Waals surface area contributed by atoms with Gasteiger partial charge in [-0.2, -0.15) is 8.78 Å². The Morgan fingerprint density at radius 1 is 1.56 bits per heavy atom. The highest BCUT2D eigenvalue weighted by molar-refractivity contribution is 9.10. The largest absolute Gasteiger partial charge is 0.501 e. The van der Waals surface area contributed by atoms with Crippen molar-refractivity contribution in [3.05, 3.63) is 27.2 Å². The van der Waals surface area contributed by atoms with Crippen LogP contribution < -0.4 is 4.74 Å². The molecule has 3 nitrogen and oxygen atoms in total. The predicted octanol–water partition coefficient (Wildman–Crippen LogP) is 3.47. The van der Waals surface area contributed by atoms with E-state index < -0.39 is 12.1 Å². The lowest BCUT2D eigenvalue weighted by Crippen LogP contribution is -2.35. The van der Waals surface area contributed by atoms with E-state index in [1.54, 1.807) is 0 Å². The highest BCUT2D eigenvalue weighted by Crippen LogP contribution is 2.35. The fraction of sp³-hybridized carbons (Fsp3) is 0.222. The second kappa shape index (κ2) is 4.55. The third-order valence-corrected chi connectivity index (χ3v) is 2.41. The molecule has 0 spiro atoms. The van der Waals surface area contributed by atoms with Gasteiger partial charge in [-0.3, -0.25) is 0 Å². The van der Waals surface area contributed by atoms with Crippen molar-refractivity contribution in [2.24, 2.45) is 0 Å². The van der Waals surface area contributed by atoms with Gasteiger partial charge in [-0.15, -0.1) is 0 Å². The first-order chi connectivity index (χ1) is 7.24. The molecule has 0 bridgehead atoms. The van der Waals surface area contributed by atoms with Crippen molar-refractivity contribution in [2.75, 3.05) is 0 Å². The number of aryl methyl sites for hydroxylation is 1. The third kappa shape index (κ3) is 2.82. The van der Waals surface area contributed by atoms with Crippen molar-refractivity contribution in [2.45, 2.75) is 13.0 Å². The van der Waals surface area contributed by atoms with Crippen LogP contribution in [0.4, 0.5) is 8.78 Å². The maximum absolute atomic E-state index is 12.8. The predicted molar refractivity (Wildman–Crippen MR) is 57.1 cm³/mol. The molecule has 0 atom stereocenters. The van der Waals surface area contributed by atoms with Crippen molar-refractivity contribution in [1.82, 2.24) is 0 Å². The molecule has 16 heavy (non-hydrogen) atoms. The van der Waals surface area contributed by atoms with E-state index in [4.69, 9.17) is 16.7 Å². The number of carbonyl (C=O) groups is 1. The molecular formula is C9H6BrClF2O3. The maximum atomic E-state index is 12.8. The number of carboxylic acid groups (broad SMARTS) is 1. The van der Waals surface area contributed by atoms with Crippen molar-refractivity contribution >= 4 is 33.5 Å². The van der Waals surface area contributed by atoms with Crippen LogP contribution in [0, 0.1) is 6.92 Å². The van der Waals surface area contributed by atoms with E-state index >= 15 is 0 Å². The van der Waals surface area contributed by atoms with Gasteiger partial charge in [0.05, 0.1) is 5.02 Å². The van der Waals surface area contributed by atoms with Crippen LogP contribution in [0.25, 0.3) is 0 Å². The Kier molecular flexibility index (Phi) is 3.75. The van der Waals surface area contributed by atoms with Crippen LogP contribution in [0.1, 0.15) is 5.56 Å². The maximum Gasteiger partial charge on any atom is 0.501 e. The number of aliphatic carboxylic acids is 1. The lowest BCUT2D eigenvalue weighted by atomic mass is 10.2. The summed E-state index contributed by atoms with van der Waals surface area (Å²) in [6.07, 6.45) is -4.30. The molecule has 0 unspecified atom stereocenters. The SMILES string of the molecule is Cc1cc(Br)cc(Cl)c1OC(F)(F)C(=O)O. The Bertz CT molecular complexity index is 414. The molecular weight excluding hydrogens is 309 g/mol. The molecule has 88 valence electrons. The van der Waals surface area contributed by atoms with Crippen LogP contribution in [0.5, 0.6) is 5.75 Å². The number of hydrogen-bond acceptors (Lipinski definition) is 2. The summed E-state index contributed by atoms with van der Waals surface area (Å²) in [6, 6.07) is 2.82. The summed E-state index contributed by atoms with van der Waals surface area (Å²) in [6.45, 7) is 1.48. The Hall–Kier alpha value is -0.880. The molecule has 1 rings (SSSR count). The minimum atomic E-state index is -4.30. The molecule has 7 heteroatoms. The molecule has 0 aromatic heterocycles. The van der Waals surface area contributed by atoms with Gasteiger partial charge in [-0.25, -0.2) is 4.79 Å². The van der Waals surface area contributed by atoms with Crippen molar-refractivity contribution in [1.29, 1.82) is 0 Å². The van der Waals surface area contributed by atoms with Crippen LogP contribution in [0.15, 0.2) is 16.6 Å². The number of ether oxygens (including phenoxy) is 1. The lowest BCUT2D eigenvalue weighted by molar-refractivity contribution is -0.210. The van der Waals surface area contributed by atoms with Gasteiger partial charge in [-0.05, 0) is 24.6 Å². The Morgan fingerprint density at radius 3 is 2.56 bits per heavy atom. The van der Waals surface area contributed by atoms with Crippen molar-refractivity contribution in [3.63, 3.8) is 0 Å². The standard InChI is InChI=1S/C9H6BrClF2O3/c1-4-2-5(10)3-6(11)7(4)16-9(12,13)8(14)15/h2-3H,1H3,(H,14,15). The van der Waals surface area contributed by atoms with Crippen LogP contribution in [-0.4, -0.2) is 17.2 Å². The molecule has 0 fully saturated rings. The molecule has 0 heterocycles. The molecule has 0 aliphatic carbocycles. The molecule has 0 aliphatic rings. The van der Waals surface area contributed by atoms with Crippen LogP contribution in [0.2, 0.25) is 5.02 Å². The van der Waals surface area contributed by atoms with E-state index in [1.165, 1.54) is 19.1 Å². The van der Waals surface area contributed by atoms with Gasteiger partial charge >= 0.3 is 12.1 Å². The molecule has 1 aromatic carbocycles. The molecule has 0 amide bonds. The van der Waals surface area contributed by atoms with Crippen LogP contribution in [0.3, 0.4) is 0 Å². The quantitative estimate of drug-likeness (QED) is 0.929. The second-order valence-electron chi connectivity index (χ2n) is 2.96. The smallest absolute Gasteiger partial charge is 0.474 e. The first-order valence-electron chi connectivity index (χ1n) is 4.00. The van der Waals surface area contributed by atoms with E-state index in [2.05, 4.69) is 20.7 Å². The minimum absolute atomic E-state index is 0.0900. The molecule has 0 aliphatic heterocycles. The highest BCUT2D eigenvalue weighted by Gasteiger charge is 2.43. The van der Waals surface area contributed by atoms with Gasteiger partial charge in [0.25, 0.3) is 0 Å². The van der Waals surface area contributed by atoms with Gasteiger partial charge in [0.15, 0.2) is 0 Å². The summed E-state index contributed by atoms with van der Waals surface area (Å²) in [7, 11) is 0. The summed E-state index contributed by atoms with van der Waals surface area (Å²) in [5.41, 5.74) is 0.306. The van der Waals surface area contributed by atoms with Gasteiger partial charge in [0, 0.05) is 4.47 Å². The zero-order chi connectivity index (χ0) is 12.5. The molecule has 1 aromatic rings. The minimum Gasteiger partial charge on any atom is -0.474 e. The summed E-state index contributed by atoms with van der Waals surface area (Å²) in [5.74, 6) is -2.72. The normalized spacial score (nSPS) is 11.3. The van der Waals surface area contributed by atoms with E-state index in [0.717, 1.165) is 0 Å². The highest BCUT2D eigenvalue weighted by atomic mass is 79.9. The number of benzene rings is 1. The topological polar surface area (TPSA) is 46.5 Å². The fourth-order valence-corrected chi connectivity index (χ4v) is 2.00. The van der Waals surface area contributed by atoms with Gasteiger partial charge in [0.2, 0.25) is 0 Å². The Balaban J connectivity index is 3.11. The number of rotatable bonds is 3. The van der Waals surface area contributed by atoms with Crippen LogP contribution >= 0.6 is 27.5 Å². The van der Waals surface area contributed by atoms with Gasteiger partial charge < -0.3 is 9.84 Å². The summed E-state index contributed by atoms with van der Waals surface area (Å²) >= 11 is 8.78. The molecule has 0 saturated heterocycles. The van der Waals surface area contributed by atoms with Gasteiger partial charge in [0.1, 0.15) is 5.75 Å². The molecule has 0 saturated carbocycles. The Morgan fingerprint density at radius 2 is 2.12 bits per heavy atom. The van der Waals surface area contributed by atoms with Crippen molar-refractivity contribution in [3.8, 4) is 5.75 Å². The molecule has 0 radical (unpaired) electrons. The van der Waals surface area contributed by atoms with E-state index in [1.807, 2.05) is 0 Å². The fourth-order valence-electron chi connectivity index (χ4n) is 0.990. The van der Waals surface area contributed by atoms with E-state index in [9.17, 15) is 13.6 Å². The lowest BCUT2D eigenvalue weighted by Gasteiger charge is -2.16. The summed E-state index contributed by atoms with van der Waals surface area (Å²) in [4.78, 5) is 10.2. The number of halogens is 4. The average Bonchev–Trinajstić information content (AvgIpc) is 2.11. The monoisotopic (exact) mass is 314 g/mol. The van der Waals surface area contributed by atoms with Gasteiger partial charge in [-0.1, -0.05) is 27.5 Å². The second-order valence-corrected chi connectivity index (χ2v) is 4.28. The Labute approximate surface area is 103 Å². The average molecular weight is 315 g/mol. The number of alkyl halides is 2. The first-order valence-corrected chi connectivity index (χ1v) is 5.17. The zero-order valence-corrected chi connectivity index (χ0v) is 10.3. The third-order valence-electron chi connectivity index (χ3n) is 1.67. The first kappa shape index (κ1) is 13.2. The molecule has 1 N–H and O–H groups in total. The zero-order valence-electron chi connectivity index (χ0n) is 7.93. The summed E-state index contributed by atoms with van der Waals surface area (Å²) in [5, 5.41) is 8.12. The summed E-state index contributed by atoms with van der Waals surface area (Å²) < 4.78 is 30.3. The number of carboxylic acids is 1. The van der Waals surface area contributed by atoms with E-state index in [0.29, 0.717) is 10.0 Å². The van der Waals surface area contributed by atoms with Crippen LogP contribution in [-0.2, 0) is 4.79 Å².